The van der Waals surface area contributed by atoms with Gasteiger partial charge in [-0.3, -0.25) is 5.41 Å². The van der Waals surface area contributed by atoms with Gasteiger partial charge in [0, 0.05) is 16.6 Å². The molecule has 0 saturated carbocycles. The summed E-state index contributed by atoms with van der Waals surface area (Å²) in [4.78, 5) is 6.29. The highest BCUT2D eigenvalue weighted by atomic mass is 35.5. The minimum absolute atomic E-state index is 0.120. The number of thiazole rings is 1. The molecule has 1 aliphatic rings. The monoisotopic (exact) mass is 401 g/mol. The van der Waals surface area contributed by atoms with Crippen LogP contribution in [-0.4, -0.2) is 22.5 Å². The lowest BCUT2D eigenvalue weighted by Crippen LogP contribution is -2.25. The number of amidine groups is 1. The molecule has 0 atom stereocenters. The molecule has 0 radical (unpaired) electrons. The van der Waals surface area contributed by atoms with Gasteiger partial charge in [0.25, 0.3) is 0 Å². The molecular formula is C19H13Cl2N3OS. The number of aliphatic hydroxyl groups excluding tert-OH is 1. The molecule has 0 amide bonds. The van der Waals surface area contributed by atoms with Crippen LogP contribution in [0.1, 0.15) is 5.01 Å². The van der Waals surface area contributed by atoms with Crippen LogP contribution in [0.25, 0.3) is 16.8 Å². The van der Waals surface area contributed by atoms with Crippen LogP contribution >= 0.6 is 34.5 Å². The number of benzene rings is 2. The number of rotatable bonds is 3. The van der Waals surface area contributed by atoms with Gasteiger partial charge in [0.15, 0.2) is 0 Å². The number of hydrogen-bond acceptors (Lipinski definition) is 4. The van der Waals surface area contributed by atoms with Crippen molar-refractivity contribution in [3.05, 3.63) is 74.7 Å². The Morgan fingerprint density at radius 1 is 1.08 bits per heavy atom. The number of aliphatic hydroxyl groups is 1. The zero-order valence-electron chi connectivity index (χ0n) is 13.4. The van der Waals surface area contributed by atoms with E-state index in [4.69, 9.17) is 28.6 Å². The minimum Gasteiger partial charge on any atom is -0.510 e. The van der Waals surface area contributed by atoms with Crippen LogP contribution in [0.3, 0.4) is 0 Å². The van der Waals surface area contributed by atoms with Gasteiger partial charge >= 0.3 is 0 Å². The lowest BCUT2D eigenvalue weighted by molar-refractivity contribution is 0.411. The van der Waals surface area contributed by atoms with Crippen molar-refractivity contribution in [2.24, 2.45) is 0 Å². The number of anilines is 1. The maximum Gasteiger partial charge on any atom is 0.139 e. The second kappa shape index (κ2) is 6.76. The quantitative estimate of drug-likeness (QED) is 0.575. The van der Waals surface area contributed by atoms with E-state index in [0.29, 0.717) is 26.3 Å². The first-order valence-electron chi connectivity index (χ1n) is 7.79. The van der Waals surface area contributed by atoms with E-state index in [-0.39, 0.29) is 18.1 Å². The molecule has 0 saturated heterocycles. The molecule has 2 N–H and O–H groups in total. The first-order chi connectivity index (χ1) is 12.5. The standard InChI is InChI=1S/C19H13Cl2N3OS/c20-13-7-6-12(8-14(13)21)24-9-16(25)17(18(24)22)19-23-15(10-26-19)11-4-2-1-3-5-11/h1-8,10,22,25H,9H2. The van der Waals surface area contributed by atoms with Crippen molar-refractivity contribution >= 4 is 51.6 Å². The van der Waals surface area contributed by atoms with E-state index < -0.39 is 0 Å². The molecule has 4 rings (SSSR count). The van der Waals surface area contributed by atoms with E-state index >= 15 is 0 Å². The van der Waals surface area contributed by atoms with Gasteiger partial charge in [0.1, 0.15) is 16.6 Å². The third-order valence-corrected chi connectivity index (χ3v) is 5.70. The van der Waals surface area contributed by atoms with Crippen LogP contribution in [0, 0.1) is 5.41 Å². The highest BCUT2D eigenvalue weighted by Crippen LogP contribution is 2.36. The SMILES string of the molecule is N=C1C(c2nc(-c3ccccc3)cs2)=C(O)CN1c1ccc(Cl)c(Cl)c1. The van der Waals surface area contributed by atoms with Crippen LogP contribution in [-0.2, 0) is 0 Å². The highest BCUT2D eigenvalue weighted by Gasteiger charge is 2.31. The van der Waals surface area contributed by atoms with E-state index in [0.717, 1.165) is 11.3 Å². The smallest absolute Gasteiger partial charge is 0.139 e. The van der Waals surface area contributed by atoms with E-state index in [1.54, 1.807) is 23.1 Å². The average molecular weight is 402 g/mol. The van der Waals surface area contributed by atoms with Crippen molar-refractivity contribution in [2.45, 2.75) is 0 Å². The first kappa shape index (κ1) is 17.1. The van der Waals surface area contributed by atoms with Crippen LogP contribution in [0.15, 0.2) is 59.7 Å². The van der Waals surface area contributed by atoms with Gasteiger partial charge in [-0.05, 0) is 18.2 Å². The predicted octanol–water partition coefficient (Wildman–Crippen LogP) is 5.88. The fraction of sp³-hybridized carbons (Fsp3) is 0.0526. The van der Waals surface area contributed by atoms with Gasteiger partial charge in [-0.25, -0.2) is 4.98 Å². The molecule has 0 aliphatic carbocycles. The molecule has 0 unspecified atom stereocenters. The summed E-state index contributed by atoms with van der Waals surface area (Å²) in [6, 6.07) is 15.0. The number of nitrogens with zero attached hydrogens (tertiary/aromatic N) is 2. The molecule has 0 spiro atoms. The summed E-state index contributed by atoms with van der Waals surface area (Å²) < 4.78 is 0. The van der Waals surface area contributed by atoms with Crippen molar-refractivity contribution < 1.29 is 5.11 Å². The van der Waals surface area contributed by atoms with Gasteiger partial charge in [0.05, 0.1) is 27.9 Å². The van der Waals surface area contributed by atoms with Crippen LogP contribution < -0.4 is 4.90 Å². The van der Waals surface area contributed by atoms with Gasteiger partial charge < -0.3 is 10.0 Å². The number of aromatic nitrogens is 1. The third-order valence-electron chi connectivity index (χ3n) is 4.11. The highest BCUT2D eigenvalue weighted by molar-refractivity contribution is 7.11. The Balaban J connectivity index is 1.65. The minimum atomic E-state index is 0.120. The van der Waals surface area contributed by atoms with Gasteiger partial charge in [-0.1, -0.05) is 53.5 Å². The summed E-state index contributed by atoms with van der Waals surface area (Å²) in [5.41, 5.74) is 2.97. The lowest BCUT2D eigenvalue weighted by Gasteiger charge is -2.19. The Bertz CT molecular complexity index is 1030. The Morgan fingerprint density at radius 3 is 2.58 bits per heavy atom. The molecule has 1 aromatic heterocycles. The van der Waals surface area contributed by atoms with Crippen molar-refractivity contribution in [3.8, 4) is 11.3 Å². The Kier molecular flexibility index (Phi) is 4.44. The van der Waals surface area contributed by atoms with Crippen LogP contribution in [0.2, 0.25) is 10.0 Å². The molecule has 2 heterocycles. The molecule has 0 bridgehead atoms. The van der Waals surface area contributed by atoms with E-state index in [1.807, 2.05) is 35.7 Å². The Morgan fingerprint density at radius 2 is 1.85 bits per heavy atom. The Hall–Kier alpha value is -2.34. The molecule has 2 aromatic carbocycles. The molecule has 0 fully saturated rings. The summed E-state index contributed by atoms with van der Waals surface area (Å²) in [7, 11) is 0. The van der Waals surface area contributed by atoms with Crippen molar-refractivity contribution in [2.75, 3.05) is 11.4 Å². The topological polar surface area (TPSA) is 60.2 Å². The molecule has 7 heteroatoms. The van der Waals surface area contributed by atoms with E-state index in [9.17, 15) is 5.11 Å². The second-order valence-electron chi connectivity index (χ2n) is 5.76. The fourth-order valence-electron chi connectivity index (χ4n) is 2.81. The number of halogens is 2. The normalized spacial score (nSPS) is 14.4. The Labute approximate surface area is 164 Å². The average Bonchev–Trinajstić information content (AvgIpc) is 3.23. The molecule has 1 aliphatic heterocycles. The maximum atomic E-state index is 10.5. The van der Waals surface area contributed by atoms with Crippen molar-refractivity contribution in [3.63, 3.8) is 0 Å². The maximum absolute atomic E-state index is 10.5. The van der Waals surface area contributed by atoms with Gasteiger partial charge in [-0.15, -0.1) is 11.3 Å². The summed E-state index contributed by atoms with van der Waals surface area (Å²) in [5, 5.41) is 22.4. The number of nitrogens with one attached hydrogen (secondary N) is 1. The number of hydrogen-bond donors (Lipinski definition) is 2. The van der Waals surface area contributed by atoms with Crippen molar-refractivity contribution in [1.29, 1.82) is 5.41 Å². The van der Waals surface area contributed by atoms with Crippen LogP contribution in [0.4, 0.5) is 5.69 Å². The first-order valence-corrected chi connectivity index (χ1v) is 9.43. The summed E-state index contributed by atoms with van der Waals surface area (Å²) in [6.07, 6.45) is 0. The third kappa shape index (κ3) is 2.98. The fourth-order valence-corrected chi connectivity index (χ4v) is 4.00. The van der Waals surface area contributed by atoms with Gasteiger partial charge in [0.2, 0.25) is 0 Å². The molecule has 4 nitrogen and oxygen atoms in total. The predicted molar refractivity (Wildman–Crippen MR) is 109 cm³/mol. The van der Waals surface area contributed by atoms with E-state index in [2.05, 4.69) is 4.98 Å². The summed E-state index contributed by atoms with van der Waals surface area (Å²) in [5.74, 6) is 0.310. The van der Waals surface area contributed by atoms with E-state index in [1.165, 1.54) is 11.3 Å². The zero-order chi connectivity index (χ0) is 18.3. The molecular weight excluding hydrogens is 389 g/mol. The second-order valence-corrected chi connectivity index (χ2v) is 7.43. The summed E-state index contributed by atoms with van der Waals surface area (Å²) >= 11 is 13.5. The molecule has 3 aromatic rings. The summed E-state index contributed by atoms with van der Waals surface area (Å²) in [6.45, 7) is 0.201. The van der Waals surface area contributed by atoms with Gasteiger partial charge in [-0.2, -0.15) is 0 Å². The molecule has 26 heavy (non-hydrogen) atoms. The largest absolute Gasteiger partial charge is 0.510 e. The molecule has 130 valence electrons. The lowest BCUT2D eigenvalue weighted by atomic mass is 10.2. The van der Waals surface area contributed by atoms with Crippen molar-refractivity contribution in [1.82, 2.24) is 4.98 Å². The zero-order valence-corrected chi connectivity index (χ0v) is 15.7. The van der Waals surface area contributed by atoms with Crippen LogP contribution in [0.5, 0.6) is 0 Å².